The first-order valence-electron chi connectivity index (χ1n) is 7.94. The Labute approximate surface area is 144 Å². The van der Waals surface area contributed by atoms with Gasteiger partial charge in [0.25, 0.3) is 0 Å². The summed E-state index contributed by atoms with van der Waals surface area (Å²) in [6, 6.07) is 3.10. The number of anilines is 1. The average Bonchev–Trinajstić information content (AvgIpc) is 2.57. The number of benzene rings is 1. The molecule has 1 aromatic carbocycles. The van der Waals surface area contributed by atoms with E-state index in [-0.39, 0.29) is 29.6 Å². The van der Waals surface area contributed by atoms with Gasteiger partial charge in [0, 0.05) is 40.5 Å². The Morgan fingerprint density at radius 1 is 0.960 bits per heavy atom. The van der Waals surface area contributed by atoms with Crippen LogP contribution in [0.2, 0.25) is 0 Å². The summed E-state index contributed by atoms with van der Waals surface area (Å²) in [7, 11) is 0. The Bertz CT molecular complexity index is 822. The fourth-order valence-corrected chi connectivity index (χ4v) is 2.68. The SMILES string of the molecule is CC1=C(C)C(=O)C(CCCC(=O)Nc2ccc(F)c(F)c2)=C(C)C1=O. The topological polar surface area (TPSA) is 63.2 Å². The lowest BCUT2D eigenvalue weighted by molar-refractivity contribution is -0.117. The second-order valence-corrected chi connectivity index (χ2v) is 6.04. The summed E-state index contributed by atoms with van der Waals surface area (Å²) in [6.07, 6.45) is 0.777. The summed E-state index contributed by atoms with van der Waals surface area (Å²) in [5, 5.41) is 2.47. The van der Waals surface area contributed by atoms with Gasteiger partial charge in [0.1, 0.15) is 0 Å². The summed E-state index contributed by atoms with van der Waals surface area (Å²) in [6.45, 7) is 4.87. The lowest BCUT2D eigenvalue weighted by atomic mass is 9.84. The third-order valence-corrected chi connectivity index (χ3v) is 4.35. The van der Waals surface area contributed by atoms with Crippen LogP contribution in [-0.4, -0.2) is 17.5 Å². The number of hydrogen-bond acceptors (Lipinski definition) is 3. The van der Waals surface area contributed by atoms with E-state index in [1.807, 2.05) is 0 Å². The molecule has 0 fully saturated rings. The molecule has 1 aliphatic carbocycles. The Kier molecular flexibility index (Phi) is 5.62. The lowest BCUT2D eigenvalue weighted by Gasteiger charge is -2.18. The lowest BCUT2D eigenvalue weighted by Crippen LogP contribution is -2.21. The second-order valence-electron chi connectivity index (χ2n) is 6.04. The summed E-state index contributed by atoms with van der Waals surface area (Å²) in [4.78, 5) is 36.2. The van der Waals surface area contributed by atoms with Crippen molar-refractivity contribution in [3.8, 4) is 0 Å². The molecule has 25 heavy (non-hydrogen) atoms. The second kappa shape index (κ2) is 7.51. The highest BCUT2D eigenvalue weighted by Gasteiger charge is 2.27. The zero-order valence-electron chi connectivity index (χ0n) is 14.3. The van der Waals surface area contributed by atoms with Crippen LogP contribution in [0.25, 0.3) is 0 Å². The van der Waals surface area contributed by atoms with Crippen LogP contribution in [-0.2, 0) is 14.4 Å². The maximum Gasteiger partial charge on any atom is 0.224 e. The van der Waals surface area contributed by atoms with Crippen LogP contribution in [0.3, 0.4) is 0 Å². The molecule has 1 N–H and O–H groups in total. The van der Waals surface area contributed by atoms with Crippen molar-refractivity contribution in [2.24, 2.45) is 0 Å². The Morgan fingerprint density at radius 2 is 1.60 bits per heavy atom. The van der Waals surface area contributed by atoms with Crippen LogP contribution < -0.4 is 5.32 Å². The molecule has 0 saturated carbocycles. The molecule has 132 valence electrons. The van der Waals surface area contributed by atoms with Gasteiger partial charge < -0.3 is 5.32 Å². The van der Waals surface area contributed by atoms with E-state index >= 15 is 0 Å². The summed E-state index contributed by atoms with van der Waals surface area (Å²) in [5.41, 5.74) is 1.93. The van der Waals surface area contributed by atoms with E-state index in [4.69, 9.17) is 0 Å². The molecule has 6 heteroatoms. The number of amides is 1. The van der Waals surface area contributed by atoms with Crippen LogP contribution in [0, 0.1) is 11.6 Å². The van der Waals surface area contributed by atoms with Crippen molar-refractivity contribution in [2.45, 2.75) is 40.0 Å². The summed E-state index contributed by atoms with van der Waals surface area (Å²) >= 11 is 0. The van der Waals surface area contributed by atoms with E-state index in [2.05, 4.69) is 5.32 Å². The number of nitrogens with one attached hydrogen (secondary N) is 1. The monoisotopic (exact) mass is 347 g/mol. The van der Waals surface area contributed by atoms with E-state index in [0.717, 1.165) is 12.1 Å². The molecular weight excluding hydrogens is 328 g/mol. The van der Waals surface area contributed by atoms with Gasteiger partial charge in [-0.25, -0.2) is 8.78 Å². The molecule has 1 amide bonds. The van der Waals surface area contributed by atoms with Crippen molar-refractivity contribution in [3.05, 3.63) is 52.1 Å². The maximum absolute atomic E-state index is 13.1. The fraction of sp³-hybridized carbons (Fsp3) is 0.316. The van der Waals surface area contributed by atoms with Crippen molar-refractivity contribution in [3.63, 3.8) is 0 Å². The molecule has 0 saturated heterocycles. The highest BCUT2D eigenvalue weighted by Crippen LogP contribution is 2.27. The van der Waals surface area contributed by atoms with E-state index in [9.17, 15) is 23.2 Å². The largest absolute Gasteiger partial charge is 0.326 e. The first-order chi connectivity index (χ1) is 11.7. The molecule has 2 rings (SSSR count). The number of carbonyl (C=O) groups is 3. The zero-order chi connectivity index (χ0) is 18.7. The number of halogens is 2. The van der Waals surface area contributed by atoms with E-state index < -0.39 is 11.6 Å². The minimum absolute atomic E-state index is 0.0962. The molecule has 0 bridgehead atoms. The van der Waals surface area contributed by atoms with Gasteiger partial charge in [-0.2, -0.15) is 0 Å². The number of carbonyl (C=O) groups excluding carboxylic acids is 3. The van der Waals surface area contributed by atoms with Gasteiger partial charge in [-0.1, -0.05) is 0 Å². The predicted octanol–water partition coefficient (Wildman–Crippen LogP) is 3.88. The molecule has 0 heterocycles. The highest BCUT2D eigenvalue weighted by molar-refractivity contribution is 6.24. The van der Waals surface area contributed by atoms with E-state index in [1.165, 1.54) is 6.07 Å². The van der Waals surface area contributed by atoms with E-state index in [0.29, 0.717) is 35.1 Å². The van der Waals surface area contributed by atoms with Crippen molar-refractivity contribution in [2.75, 3.05) is 5.32 Å². The van der Waals surface area contributed by atoms with Crippen LogP contribution in [0.1, 0.15) is 40.0 Å². The summed E-state index contributed by atoms with van der Waals surface area (Å²) in [5.74, 6) is -2.70. The average molecular weight is 347 g/mol. The standard InChI is InChI=1S/C19H19F2NO3/c1-10-11(2)19(25)14(12(3)18(10)24)5-4-6-17(23)22-13-7-8-15(20)16(21)9-13/h7-9H,4-6H2,1-3H3,(H,22,23). The van der Waals surface area contributed by atoms with Crippen LogP contribution >= 0.6 is 0 Å². The summed E-state index contributed by atoms with van der Waals surface area (Å²) < 4.78 is 26.0. The maximum atomic E-state index is 13.1. The van der Waals surface area contributed by atoms with Gasteiger partial charge in [-0.05, 0) is 45.7 Å². The minimum Gasteiger partial charge on any atom is -0.326 e. The normalized spacial score (nSPS) is 15.1. The number of ketones is 2. The van der Waals surface area contributed by atoms with Gasteiger partial charge in [0.05, 0.1) is 0 Å². The Balaban J connectivity index is 1.94. The number of Topliss-reactive ketones (excluding diaryl/α,β-unsaturated/α-hetero) is 2. The van der Waals surface area contributed by atoms with Crippen LogP contribution in [0.15, 0.2) is 40.5 Å². The molecule has 0 spiro atoms. The number of rotatable bonds is 5. The van der Waals surface area contributed by atoms with Gasteiger partial charge in [-0.15, -0.1) is 0 Å². The van der Waals surface area contributed by atoms with Crippen molar-refractivity contribution in [1.82, 2.24) is 0 Å². The van der Waals surface area contributed by atoms with Gasteiger partial charge in [0.15, 0.2) is 23.2 Å². The Morgan fingerprint density at radius 3 is 2.24 bits per heavy atom. The first-order valence-corrected chi connectivity index (χ1v) is 7.94. The molecule has 1 aliphatic rings. The van der Waals surface area contributed by atoms with Crippen LogP contribution in [0.5, 0.6) is 0 Å². The molecule has 1 aromatic rings. The van der Waals surface area contributed by atoms with Gasteiger partial charge >= 0.3 is 0 Å². The highest BCUT2D eigenvalue weighted by atomic mass is 19.2. The fourth-order valence-electron chi connectivity index (χ4n) is 2.68. The quantitative estimate of drug-likeness (QED) is 0.822. The number of allylic oxidation sites excluding steroid dienone is 4. The molecule has 0 atom stereocenters. The number of hydrogen-bond donors (Lipinski definition) is 1. The van der Waals surface area contributed by atoms with Gasteiger partial charge in [-0.3, -0.25) is 14.4 Å². The Hall–Kier alpha value is -2.63. The molecular formula is C19H19F2NO3. The molecule has 0 radical (unpaired) electrons. The molecule has 0 aromatic heterocycles. The minimum atomic E-state index is -1.04. The van der Waals surface area contributed by atoms with Crippen LogP contribution in [0.4, 0.5) is 14.5 Å². The predicted molar refractivity (Wildman–Crippen MR) is 89.9 cm³/mol. The van der Waals surface area contributed by atoms with Crippen molar-refractivity contribution in [1.29, 1.82) is 0 Å². The smallest absolute Gasteiger partial charge is 0.224 e. The molecule has 4 nitrogen and oxygen atoms in total. The van der Waals surface area contributed by atoms with Crippen molar-refractivity contribution >= 4 is 23.2 Å². The first kappa shape index (κ1) is 18.7. The third kappa shape index (κ3) is 4.07. The zero-order valence-corrected chi connectivity index (χ0v) is 14.3. The van der Waals surface area contributed by atoms with Gasteiger partial charge in [0.2, 0.25) is 5.91 Å². The third-order valence-electron chi connectivity index (χ3n) is 4.35. The molecule has 0 aliphatic heterocycles. The van der Waals surface area contributed by atoms with E-state index in [1.54, 1.807) is 20.8 Å². The molecule has 0 unspecified atom stereocenters. The van der Waals surface area contributed by atoms with Crippen molar-refractivity contribution < 1.29 is 23.2 Å².